The first-order valence-electron chi connectivity index (χ1n) is 9.26. The largest absolute Gasteiger partial charge is 0.339 e. The number of anilines is 1. The standard InChI is InChI=1S/C21H20ClN3O4/c22-16-7-10-18(21(27)24-12-2-1-3-13-24)19(14-16)23-20(26)11-6-15-4-8-17(9-5-15)25(28)29/h4-11,14H,1-3,12-13H2,(H,23,26)/b11-6+. The van der Waals surface area contributed by atoms with Gasteiger partial charge in [-0.05, 0) is 61.2 Å². The first-order chi connectivity index (χ1) is 13.9. The molecule has 150 valence electrons. The van der Waals surface area contributed by atoms with Gasteiger partial charge in [0.25, 0.3) is 11.6 Å². The summed E-state index contributed by atoms with van der Waals surface area (Å²) >= 11 is 6.05. The summed E-state index contributed by atoms with van der Waals surface area (Å²) in [5, 5.41) is 13.8. The van der Waals surface area contributed by atoms with E-state index in [0.717, 1.165) is 19.3 Å². The summed E-state index contributed by atoms with van der Waals surface area (Å²) in [6, 6.07) is 10.6. The van der Waals surface area contributed by atoms with Gasteiger partial charge in [-0.1, -0.05) is 11.6 Å². The van der Waals surface area contributed by atoms with Crippen molar-refractivity contribution in [1.29, 1.82) is 0 Å². The van der Waals surface area contributed by atoms with Crippen molar-refractivity contribution < 1.29 is 14.5 Å². The zero-order chi connectivity index (χ0) is 20.8. The van der Waals surface area contributed by atoms with Gasteiger partial charge in [-0.15, -0.1) is 0 Å². The normalized spacial score (nSPS) is 14.0. The minimum Gasteiger partial charge on any atom is -0.339 e. The van der Waals surface area contributed by atoms with E-state index in [9.17, 15) is 19.7 Å². The van der Waals surface area contributed by atoms with Crippen molar-refractivity contribution in [1.82, 2.24) is 4.90 Å². The predicted octanol–water partition coefficient (Wildman–Crippen LogP) is 4.53. The van der Waals surface area contributed by atoms with Gasteiger partial charge in [-0.2, -0.15) is 0 Å². The predicted molar refractivity (Wildman–Crippen MR) is 112 cm³/mol. The van der Waals surface area contributed by atoms with Crippen molar-refractivity contribution >= 4 is 40.9 Å². The second kappa shape index (κ2) is 9.34. The number of nitrogens with zero attached hydrogens (tertiary/aromatic N) is 2. The summed E-state index contributed by atoms with van der Waals surface area (Å²) in [5.41, 5.74) is 1.37. The van der Waals surface area contributed by atoms with Crippen molar-refractivity contribution in [2.75, 3.05) is 18.4 Å². The first-order valence-corrected chi connectivity index (χ1v) is 9.64. The fraction of sp³-hybridized carbons (Fsp3) is 0.238. The number of nitrogens with one attached hydrogen (secondary N) is 1. The summed E-state index contributed by atoms with van der Waals surface area (Å²) < 4.78 is 0. The molecule has 1 N–H and O–H groups in total. The van der Waals surface area contributed by atoms with Crippen LogP contribution in [0.5, 0.6) is 0 Å². The molecule has 0 bridgehead atoms. The Morgan fingerprint density at radius 1 is 1.07 bits per heavy atom. The average molecular weight is 414 g/mol. The minimum absolute atomic E-state index is 0.0219. The number of likely N-dealkylation sites (tertiary alicyclic amines) is 1. The molecule has 2 amide bonds. The van der Waals surface area contributed by atoms with Crippen molar-refractivity contribution in [3.05, 3.63) is 74.8 Å². The number of nitro groups is 1. The highest BCUT2D eigenvalue weighted by Crippen LogP contribution is 2.24. The van der Waals surface area contributed by atoms with E-state index in [2.05, 4.69) is 5.32 Å². The summed E-state index contributed by atoms with van der Waals surface area (Å²) in [6.07, 6.45) is 5.90. The van der Waals surface area contributed by atoms with Gasteiger partial charge in [0.1, 0.15) is 0 Å². The highest BCUT2D eigenvalue weighted by molar-refractivity contribution is 6.31. The van der Waals surface area contributed by atoms with Gasteiger partial charge in [0, 0.05) is 36.3 Å². The van der Waals surface area contributed by atoms with E-state index in [1.165, 1.54) is 24.3 Å². The van der Waals surface area contributed by atoms with Gasteiger partial charge >= 0.3 is 0 Å². The molecule has 29 heavy (non-hydrogen) atoms. The smallest absolute Gasteiger partial charge is 0.269 e. The number of nitro benzene ring substituents is 1. The molecule has 7 nitrogen and oxygen atoms in total. The maximum absolute atomic E-state index is 12.8. The number of amides is 2. The van der Waals surface area contributed by atoms with E-state index in [0.29, 0.717) is 34.9 Å². The third kappa shape index (κ3) is 5.42. The van der Waals surface area contributed by atoms with Gasteiger partial charge in [-0.3, -0.25) is 19.7 Å². The fourth-order valence-corrected chi connectivity index (χ4v) is 3.30. The molecule has 2 aromatic rings. The van der Waals surface area contributed by atoms with Gasteiger partial charge in [0.2, 0.25) is 5.91 Å². The van der Waals surface area contributed by atoms with Crippen LogP contribution in [0.2, 0.25) is 5.02 Å². The summed E-state index contributed by atoms with van der Waals surface area (Å²) in [6.45, 7) is 1.41. The Morgan fingerprint density at radius 2 is 1.76 bits per heavy atom. The monoisotopic (exact) mass is 413 g/mol. The highest BCUT2D eigenvalue weighted by atomic mass is 35.5. The Hall–Kier alpha value is -3.19. The number of halogens is 1. The Balaban J connectivity index is 1.73. The lowest BCUT2D eigenvalue weighted by Gasteiger charge is -2.27. The van der Waals surface area contributed by atoms with Crippen molar-refractivity contribution in [3.8, 4) is 0 Å². The van der Waals surface area contributed by atoms with Crippen LogP contribution in [0.25, 0.3) is 6.08 Å². The molecule has 0 aliphatic carbocycles. The van der Waals surface area contributed by atoms with Gasteiger partial charge < -0.3 is 10.2 Å². The maximum Gasteiger partial charge on any atom is 0.269 e. The number of piperidine rings is 1. The van der Waals surface area contributed by atoms with E-state index in [4.69, 9.17) is 11.6 Å². The van der Waals surface area contributed by atoms with Crippen molar-refractivity contribution in [3.63, 3.8) is 0 Å². The lowest BCUT2D eigenvalue weighted by molar-refractivity contribution is -0.384. The molecule has 1 fully saturated rings. The number of benzene rings is 2. The molecule has 1 aliphatic rings. The van der Waals surface area contributed by atoms with Crippen LogP contribution in [0.1, 0.15) is 35.2 Å². The van der Waals surface area contributed by atoms with E-state index in [1.54, 1.807) is 35.2 Å². The molecule has 2 aromatic carbocycles. The van der Waals surface area contributed by atoms with E-state index < -0.39 is 10.8 Å². The second-order valence-electron chi connectivity index (χ2n) is 6.71. The fourth-order valence-electron chi connectivity index (χ4n) is 3.13. The van der Waals surface area contributed by atoms with Crippen LogP contribution in [-0.4, -0.2) is 34.7 Å². The highest BCUT2D eigenvalue weighted by Gasteiger charge is 2.21. The number of rotatable bonds is 5. The number of hydrogen-bond acceptors (Lipinski definition) is 4. The van der Waals surface area contributed by atoms with Gasteiger partial charge in [-0.25, -0.2) is 0 Å². The van der Waals surface area contributed by atoms with Crippen molar-refractivity contribution in [2.45, 2.75) is 19.3 Å². The number of non-ortho nitro benzene ring substituents is 1. The molecule has 0 unspecified atom stereocenters. The molecule has 0 spiro atoms. The van der Waals surface area contributed by atoms with Crippen LogP contribution < -0.4 is 5.32 Å². The van der Waals surface area contributed by atoms with Crippen LogP contribution >= 0.6 is 11.6 Å². The Labute approximate surface area is 173 Å². The zero-order valence-electron chi connectivity index (χ0n) is 15.6. The summed E-state index contributed by atoms with van der Waals surface area (Å²) in [7, 11) is 0. The molecule has 1 aliphatic heterocycles. The zero-order valence-corrected chi connectivity index (χ0v) is 16.4. The number of hydrogen-bond donors (Lipinski definition) is 1. The van der Waals surface area contributed by atoms with Gasteiger partial charge in [0.05, 0.1) is 16.2 Å². The molecule has 0 saturated carbocycles. The Bertz CT molecular complexity index is 951. The van der Waals surface area contributed by atoms with Crippen LogP contribution in [-0.2, 0) is 4.79 Å². The van der Waals surface area contributed by atoms with E-state index in [-0.39, 0.29) is 11.6 Å². The topological polar surface area (TPSA) is 92.5 Å². The molecule has 8 heteroatoms. The first kappa shape index (κ1) is 20.5. The lowest BCUT2D eigenvalue weighted by atomic mass is 10.1. The molecular formula is C21H20ClN3O4. The lowest BCUT2D eigenvalue weighted by Crippen LogP contribution is -2.36. The average Bonchev–Trinajstić information content (AvgIpc) is 2.73. The summed E-state index contributed by atoms with van der Waals surface area (Å²) in [4.78, 5) is 37.2. The third-order valence-corrected chi connectivity index (χ3v) is 4.88. The Kier molecular flexibility index (Phi) is 6.61. The van der Waals surface area contributed by atoms with E-state index >= 15 is 0 Å². The molecular weight excluding hydrogens is 394 g/mol. The summed E-state index contributed by atoms with van der Waals surface area (Å²) in [5.74, 6) is -0.561. The van der Waals surface area contributed by atoms with Gasteiger partial charge in [0.15, 0.2) is 0 Å². The molecule has 0 aromatic heterocycles. The SMILES string of the molecule is O=C(/C=C/c1ccc([N+](=O)[O-])cc1)Nc1cc(Cl)ccc1C(=O)N1CCCCC1. The second-order valence-corrected chi connectivity index (χ2v) is 7.15. The quantitative estimate of drug-likeness (QED) is 0.443. The third-order valence-electron chi connectivity index (χ3n) is 4.64. The Morgan fingerprint density at radius 3 is 2.41 bits per heavy atom. The molecule has 0 atom stereocenters. The van der Waals surface area contributed by atoms with E-state index in [1.807, 2.05) is 0 Å². The number of carbonyl (C=O) groups is 2. The minimum atomic E-state index is -0.486. The van der Waals surface area contributed by atoms with Crippen LogP contribution in [0.15, 0.2) is 48.5 Å². The number of carbonyl (C=O) groups excluding carboxylic acids is 2. The van der Waals surface area contributed by atoms with Crippen molar-refractivity contribution in [2.24, 2.45) is 0 Å². The molecule has 3 rings (SSSR count). The van der Waals surface area contributed by atoms with Crippen LogP contribution in [0, 0.1) is 10.1 Å². The molecule has 0 radical (unpaired) electrons. The van der Waals surface area contributed by atoms with Crippen LogP contribution in [0.4, 0.5) is 11.4 Å². The maximum atomic E-state index is 12.8. The molecule has 1 heterocycles. The molecule has 1 saturated heterocycles. The van der Waals surface area contributed by atoms with Crippen LogP contribution in [0.3, 0.4) is 0 Å².